The average molecular weight is 200 g/mol. The highest BCUT2D eigenvalue weighted by atomic mass is 16.5. The van der Waals surface area contributed by atoms with E-state index in [2.05, 4.69) is 18.9 Å². The minimum atomic E-state index is 0.587. The molecule has 0 aromatic rings. The monoisotopic (exact) mass is 200 g/mol. The molecule has 0 aromatic carbocycles. The van der Waals surface area contributed by atoms with E-state index in [1.807, 2.05) is 0 Å². The first-order valence-corrected chi connectivity index (χ1v) is 5.68. The Hall–Kier alpha value is -0.120. The molecule has 84 valence electrons. The molecule has 1 saturated carbocycles. The Kier molecular flexibility index (Phi) is 5.45. The first-order chi connectivity index (χ1) is 6.72. The van der Waals surface area contributed by atoms with Crippen LogP contribution < -0.4 is 5.73 Å². The highest BCUT2D eigenvalue weighted by molar-refractivity contribution is 4.72. The Morgan fingerprint density at radius 2 is 2.21 bits per heavy atom. The van der Waals surface area contributed by atoms with E-state index in [9.17, 15) is 0 Å². The second kappa shape index (κ2) is 6.38. The van der Waals surface area contributed by atoms with E-state index in [-0.39, 0.29) is 0 Å². The van der Waals surface area contributed by atoms with Crippen LogP contribution >= 0.6 is 0 Å². The number of hydrogen-bond donors (Lipinski definition) is 1. The maximum Gasteiger partial charge on any atom is 0.0593 e. The van der Waals surface area contributed by atoms with Gasteiger partial charge in [0.15, 0.2) is 0 Å². The minimum Gasteiger partial charge on any atom is -0.380 e. The molecule has 0 bridgehead atoms. The third-order valence-corrected chi connectivity index (χ3v) is 2.69. The molecule has 1 aliphatic carbocycles. The van der Waals surface area contributed by atoms with Crippen LogP contribution in [0.25, 0.3) is 0 Å². The van der Waals surface area contributed by atoms with Crippen LogP contribution in [0.5, 0.6) is 0 Å². The Morgan fingerprint density at radius 1 is 1.50 bits per heavy atom. The smallest absolute Gasteiger partial charge is 0.0593 e. The van der Waals surface area contributed by atoms with Gasteiger partial charge < -0.3 is 15.4 Å². The van der Waals surface area contributed by atoms with Gasteiger partial charge in [-0.2, -0.15) is 0 Å². The van der Waals surface area contributed by atoms with E-state index < -0.39 is 0 Å². The van der Waals surface area contributed by atoms with Crippen molar-refractivity contribution in [2.24, 2.45) is 17.6 Å². The minimum absolute atomic E-state index is 0.587. The molecule has 0 saturated heterocycles. The normalized spacial score (nSPS) is 18.9. The predicted octanol–water partition coefficient (Wildman–Crippen LogP) is 0.940. The summed E-state index contributed by atoms with van der Waals surface area (Å²) in [5, 5.41) is 0. The van der Waals surface area contributed by atoms with Crippen molar-refractivity contribution in [3.63, 3.8) is 0 Å². The molecule has 1 unspecified atom stereocenters. The average Bonchev–Trinajstić information content (AvgIpc) is 2.96. The molecule has 0 spiro atoms. The molecule has 0 heterocycles. The van der Waals surface area contributed by atoms with E-state index in [0.29, 0.717) is 5.92 Å². The van der Waals surface area contributed by atoms with Gasteiger partial charge in [0.2, 0.25) is 0 Å². The van der Waals surface area contributed by atoms with Crippen LogP contribution in [0.3, 0.4) is 0 Å². The van der Waals surface area contributed by atoms with Crippen LogP contribution in [-0.4, -0.2) is 44.8 Å². The van der Waals surface area contributed by atoms with Crippen molar-refractivity contribution in [2.45, 2.75) is 19.8 Å². The van der Waals surface area contributed by atoms with E-state index in [1.165, 1.54) is 12.8 Å². The van der Waals surface area contributed by atoms with Gasteiger partial charge in [0.25, 0.3) is 0 Å². The molecule has 0 amide bonds. The zero-order valence-electron chi connectivity index (χ0n) is 9.54. The van der Waals surface area contributed by atoms with Gasteiger partial charge in [-0.25, -0.2) is 0 Å². The fraction of sp³-hybridized carbons (Fsp3) is 1.00. The van der Waals surface area contributed by atoms with Gasteiger partial charge in [-0.05, 0) is 38.3 Å². The molecule has 2 N–H and O–H groups in total. The Bertz CT molecular complexity index is 148. The van der Waals surface area contributed by atoms with Crippen LogP contribution in [0.15, 0.2) is 0 Å². The van der Waals surface area contributed by atoms with Crippen LogP contribution in [0, 0.1) is 11.8 Å². The van der Waals surface area contributed by atoms with Gasteiger partial charge >= 0.3 is 0 Å². The third kappa shape index (κ3) is 5.58. The lowest BCUT2D eigenvalue weighted by Gasteiger charge is -2.20. The maximum atomic E-state index is 5.57. The van der Waals surface area contributed by atoms with Crippen molar-refractivity contribution in [1.82, 2.24) is 4.90 Å². The first-order valence-electron chi connectivity index (χ1n) is 5.68. The van der Waals surface area contributed by atoms with Gasteiger partial charge in [0, 0.05) is 19.7 Å². The van der Waals surface area contributed by atoms with Gasteiger partial charge in [-0.3, -0.25) is 0 Å². The number of nitrogens with two attached hydrogens (primary N) is 1. The highest BCUT2D eigenvalue weighted by Gasteiger charge is 2.20. The van der Waals surface area contributed by atoms with Crippen molar-refractivity contribution in [3.05, 3.63) is 0 Å². The molecule has 1 rings (SSSR count). The number of ether oxygens (including phenoxy) is 1. The molecule has 3 heteroatoms. The summed E-state index contributed by atoms with van der Waals surface area (Å²) in [6, 6.07) is 0. The maximum absolute atomic E-state index is 5.57. The Morgan fingerprint density at radius 3 is 2.79 bits per heavy atom. The van der Waals surface area contributed by atoms with E-state index in [1.54, 1.807) is 0 Å². The second-order valence-corrected chi connectivity index (χ2v) is 4.62. The summed E-state index contributed by atoms with van der Waals surface area (Å²) in [5.74, 6) is 1.46. The van der Waals surface area contributed by atoms with Crippen molar-refractivity contribution < 1.29 is 4.74 Å². The molecule has 1 fully saturated rings. The summed E-state index contributed by atoms with van der Waals surface area (Å²) in [5.41, 5.74) is 5.57. The molecule has 3 nitrogen and oxygen atoms in total. The van der Waals surface area contributed by atoms with Crippen LogP contribution in [0.4, 0.5) is 0 Å². The molecule has 0 aliphatic heterocycles. The summed E-state index contributed by atoms with van der Waals surface area (Å²) in [6.07, 6.45) is 2.75. The number of rotatable bonds is 8. The first kappa shape index (κ1) is 12.0. The highest BCUT2D eigenvalue weighted by Crippen LogP contribution is 2.28. The van der Waals surface area contributed by atoms with Gasteiger partial charge in [0.05, 0.1) is 6.61 Å². The van der Waals surface area contributed by atoms with E-state index >= 15 is 0 Å². The summed E-state index contributed by atoms with van der Waals surface area (Å²) >= 11 is 0. The zero-order valence-corrected chi connectivity index (χ0v) is 9.54. The van der Waals surface area contributed by atoms with Crippen LogP contribution in [0.1, 0.15) is 19.8 Å². The molecular weight excluding hydrogens is 176 g/mol. The predicted molar refractivity (Wildman–Crippen MR) is 59.3 cm³/mol. The Balaban J connectivity index is 1.88. The van der Waals surface area contributed by atoms with Crippen LogP contribution in [0.2, 0.25) is 0 Å². The van der Waals surface area contributed by atoms with Crippen molar-refractivity contribution >= 4 is 0 Å². The summed E-state index contributed by atoms with van der Waals surface area (Å²) < 4.78 is 5.57. The summed E-state index contributed by atoms with van der Waals surface area (Å²) in [4.78, 5) is 2.30. The van der Waals surface area contributed by atoms with Gasteiger partial charge in [0.1, 0.15) is 0 Å². The third-order valence-electron chi connectivity index (χ3n) is 2.69. The number of likely N-dealkylation sites (N-methyl/N-ethyl adjacent to an activating group) is 1. The standard InChI is InChI=1S/C11H24N2O/c1-10(7-12)8-13(2)5-6-14-9-11-3-4-11/h10-11H,3-9,12H2,1-2H3. The van der Waals surface area contributed by atoms with Crippen molar-refractivity contribution in [2.75, 3.05) is 39.9 Å². The quantitative estimate of drug-likeness (QED) is 0.593. The topological polar surface area (TPSA) is 38.5 Å². The molecule has 1 aliphatic rings. The number of nitrogens with zero attached hydrogens (tertiary/aromatic N) is 1. The second-order valence-electron chi connectivity index (χ2n) is 4.62. The lowest BCUT2D eigenvalue weighted by molar-refractivity contribution is 0.100. The number of hydrogen-bond acceptors (Lipinski definition) is 3. The summed E-state index contributed by atoms with van der Waals surface area (Å²) in [7, 11) is 2.13. The lowest BCUT2D eigenvalue weighted by Crippen LogP contribution is -2.31. The van der Waals surface area contributed by atoms with E-state index in [4.69, 9.17) is 10.5 Å². The fourth-order valence-corrected chi connectivity index (χ4v) is 1.45. The van der Waals surface area contributed by atoms with Crippen molar-refractivity contribution in [3.8, 4) is 0 Å². The Labute approximate surface area is 87.6 Å². The van der Waals surface area contributed by atoms with Crippen molar-refractivity contribution in [1.29, 1.82) is 0 Å². The molecular formula is C11H24N2O. The molecule has 14 heavy (non-hydrogen) atoms. The van der Waals surface area contributed by atoms with E-state index in [0.717, 1.165) is 38.8 Å². The largest absolute Gasteiger partial charge is 0.380 e. The fourth-order valence-electron chi connectivity index (χ4n) is 1.45. The molecule has 0 aromatic heterocycles. The molecule has 0 radical (unpaired) electrons. The van der Waals surface area contributed by atoms with Gasteiger partial charge in [-0.15, -0.1) is 0 Å². The zero-order chi connectivity index (χ0) is 10.4. The SMILES string of the molecule is CC(CN)CN(C)CCOCC1CC1. The van der Waals surface area contributed by atoms with Gasteiger partial charge in [-0.1, -0.05) is 6.92 Å². The molecule has 1 atom stereocenters. The van der Waals surface area contributed by atoms with Crippen LogP contribution in [-0.2, 0) is 4.74 Å². The summed E-state index contributed by atoms with van der Waals surface area (Å²) in [6.45, 7) is 6.89. The lowest BCUT2D eigenvalue weighted by atomic mass is 10.2.